The van der Waals surface area contributed by atoms with Gasteiger partial charge in [0.05, 0.1) is 12.3 Å². The molecule has 142 valence electrons. The van der Waals surface area contributed by atoms with Crippen LogP contribution in [0.3, 0.4) is 0 Å². The predicted octanol–water partition coefficient (Wildman–Crippen LogP) is 2.49. The van der Waals surface area contributed by atoms with Crippen LogP contribution in [-0.2, 0) is 9.84 Å². The fourth-order valence-electron chi connectivity index (χ4n) is 2.02. The lowest BCUT2D eigenvalue weighted by molar-refractivity contribution is 0.230. The number of benzene rings is 1. The van der Waals surface area contributed by atoms with E-state index in [0.717, 1.165) is 12.3 Å². The van der Waals surface area contributed by atoms with E-state index >= 15 is 0 Å². The summed E-state index contributed by atoms with van der Waals surface area (Å²) in [7, 11) is -2.96. The van der Waals surface area contributed by atoms with Gasteiger partial charge in [0.2, 0.25) is 0 Å². The van der Waals surface area contributed by atoms with E-state index in [0.29, 0.717) is 23.9 Å². The van der Waals surface area contributed by atoms with Gasteiger partial charge in [0, 0.05) is 23.9 Å². The minimum Gasteiger partial charge on any atom is -0.489 e. The molecule has 6 nitrogen and oxygen atoms in total. The monoisotopic (exact) mass is 389 g/mol. The first kappa shape index (κ1) is 21.6. The molecule has 0 radical (unpaired) electrons. The summed E-state index contributed by atoms with van der Waals surface area (Å²) >= 11 is 5.86. The lowest BCUT2D eigenvalue weighted by Crippen LogP contribution is -2.43. The van der Waals surface area contributed by atoms with Crippen molar-refractivity contribution in [1.82, 2.24) is 10.6 Å². The van der Waals surface area contributed by atoms with Crippen LogP contribution in [0.4, 0.5) is 0 Å². The highest BCUT2D eigenvalue weighted by molar-refractivity contribution is 7.90. The summed E-state index contributed by atoms with van der Waals surface area (Å²) in [5, 5.41) is 7.04. The number of hydrogen-bond donors (Lipinski definition) is 2. The molecule has 0 aliphatic heterocycles. The summed E-state index contributed by atoms with van der Waals surface area (Å²) in [6, 6.07) is 7.20. The SMILES string of the molecule is CCNC(=NCC(C)Oc1ccc(Cl)cc1)NC(C)CCS(C)(=O)=O. The quantitative estimate of drug-likeness (QED) is 0.501. The first-order valence-corrected chi connectivity index (χ1v) is 10.8. The van der Waals surface area contributed by atoms with Crippen molar-refractivity contribution in [2.24, 2.45) is 4.99 Å². The van der Waals surface area contributed by atoms with E-state index in [2.05, 4.69) is 15.6 Å². The van der Waals surface area contributed by atoms with Gasteiger partial charge in [-0.2, -0.15) is 0 Å². The van der Waals surface area contributed by atoms with Crippen LogP contribution in [0.25, 0.3) is 0 Å². The highest BCUT2D eigenvalue weighted by Crippen LogP contribution is 2.16. The Morgan fingerprint density at radius 1 is 1.28 bits per heavy atom. The minimum atomic E-state index is -2.96. The molecule has 8 heteroatoms. The van der Waals surface area contributed by atoms with Gasteiger partial charge >= 0.3 is 0 Å². The lowest BCUT2D eigenvalue weighted by atomic mass is 10.3. The number of ether oxygens (including phenoxy) is 1. The molecule has 1 aromatic rings. The highest BCUT2D eigenvalue weighted by atomic mass is 35.5. The van der Waals surface area contributed by atoms with Crippen molar-refractivity contribution in [2.75, 3.05) is 25.1 Å². The van der Waals surface area contributed by atoms with Crippen LogP contribution >= 0.6 is 11.6 Å². The highest BCUT2D eigenvalue weighted by Gasteiger charge is 2.10. The zero-order valence-electron chi connectivity index (χ0n) is 15.3. The van der Waals surface area contributed by atoms with E-state index in [9.17, 15) is 8.42 Å². The van der Waals surface area contributed by atoms with Gasteiger partial charge in [0.25, 0.3) is 0 Å². The van der Waals surface area contributed by atoms with Crippen molar-refractivity contribution in [2.45, 2.75) is 39.3 Å². The second-order valence-electron chi connectivity index (χ2n) is 6.07. The second kappa shape index (κ2) is 10.5. The van der Waals surface area contributed by atoms with Crippen LogP contribution in [0.5, 0.6) is 5.75 Å². The number of rotatable bonds is 9. The maximum atomic E-state index is 11.3. The van der Waals surface area contributed by atoms with Crippen LogP contribution in [0.2, 0.25) is 5.02 Å². The van der Waals surface area contributed by atoms with Crippen LogP contribution in [-0.4, -0.2) is 51.6 Å². The predicted molar refractivity (Wildman–Crippen MR) is 104 cm³/mol. The standard InChI is InChI=1S/C17H28ClN3O3S/c1-5-19-17(21-13(2)10-11-25(4,22)23)20-12-14(3)24-16-8-6-15(18)7-9-16/h6-9,13-14H,5,10-12H2,1-4H3,(H2,19,20,21). The maximum Gasteiger partial charge on any atom is 0.191 e. The van der Waals surface area contributed by atoms with Gasteiger partial charge in [-0.15, -0.1) is 0 Å². The van der Waals surface area contributed by atoms with E-state index in [1.807, 2.05) is 32.9 Å². The third-order valence-electron chi connectivity index (χ3n) is 3.31. The molecule has 0 aliphatic carbocycles. The van der Waals surface area contributed by atoms with Gasteiger partial charge in [-0.1, -0.05) is 11.6 Å². The van der Waals surface area contributed by atoms with Crippen LogP contribution in [0.15, 0.2) is 29.3 Å². The van der Waals surface area contributed by atoms with Gasteiger partial charge in [0.1, 0.15) is 21.7 Å². The maximum absolute atomic E-state index is 11.3. The average molecular weight is 390 g/mol. The Labute approximate surface area is 155 Å². The van der Waals surface area contributed by atoms with Crippen LogP contribution in [0.1, 0.15) is 27.2 Å². The Kier molecular flexibility index (Phi) is 9.06. The molecule has 2 N–H and O–H groups in total. The molecule has 0 bridgehead atoms. The molecule has 0 amide bonds. The van der Waals surface area contributed by atoms with Crippen molar-refractivity contribution in [3.63, 3.8) is 0 Å². The molecule has 0 heterocycles. The zero-order chi connectivity index (χ0) is 18.9. The van der Waals surface area contributed by atoms with Crippen LogP contribution < -0.4 is 15.4 Å². The summed E-state index contributed by atoms with van der Waals surface area (Å²) < 4.78 is 28.3. The van der Waals surface area contributed by atoms with Crippen molar-refractivity contribution in [1.29, 1.82) is 0 Å². The smallest absolute Gasteiger partial charge is 0.191 e. The van der Waals surface area contributed by atoms with E-state index in [1.165, 1.54) is 6.26 Å². The Morgan fingerprint density at radius 3 is 2.48 bits per heavy atom. The molecule has 0 fully saturated rings. The zero-order valence-corrected chi connectivity index (χ0v) is 16.8. The Hall–Kier alpha value is -1.47. The molecule has 2 atom stereocenters. The van der Waals surface area contributed by atoms with E-state index in [1.54, 1.807) is 12.1 Å². The minimum absolute atomic E-state index is 0.0000136. The largest absolute Gasteiger partial charge is 0.489 e. The summed E-state index contributed by atoms with van der Waals surface area (Å²) in [6.07, 6.45) is 1.66. The fraction of sp³-hybridized carbons (Fsp3) is 0.588. The number of sulfone groups is 1. The Bertz CT molecular complexity index is 648. The van der Waals surface area contributed by atoms with E-state index in [4.69, 9.17) is 16.3 Å². The molecular weight excluding hydrogens is 362 g/mol. The van der Waals surface area contributed by atoms with Crippen molar-refractivity contribution < 1.29 is 13.2 Å². The van der Waals surface area contributed by atoms with Crippen molar-refractivity contribution in [3.05, 3.63) is 29.3 Å². The average Bonchev–Trinajstić information content (AvgIpc) is 2.52. The lowest BCUT2D eigenvalue weighted by Gasteiger charge is -2.19. The van der Waals surface area contributed by atoms with Crippen molar-refractivity contribution in [3.8, 4) is 5.75 Å². The molecule has 1 rings (SSSR count). The molecule has 2 unspecified atom stereocenters. The first-order chi connectivity index (χ1) is 11.7. The fourth-order valence-corrected chi connectivity index (χ4v) is 2.93. The third-order valence-corrected chi connectivity index (χ3v) is 4.54. The van der Waals surface area contributed by atoms with Gasteiger partial charge in [-0.3, -0.25) is 0 Å². The Balaban J connectivity index is 2.54. The van der Waals surface area contributed by atoms with E-state index < -0.39 is 9.84 Å². The number of nitrogens with one attached hydrogen (secondary N) is 2. The number of hydrogen-bond acceptors (Lipinski definition) is 4. The summed E-state index contributed by atoms with van der Waals surface area (Å²) in [4.78, 5) is 4.51. The number of aliphatic imine (C=N–C) groups is 1. The van der Waals surface area contributed by atoms with Crippen molar-refractivity contribution >= 4 is 27.4 Å². The van der Waals surface area contributed by atoms with E-state index in [-0.39, 0.29) is 17.9 Å². The number of guanidine groups is 1. The number of halogens is 1. The third kappa shape index (κ3) is 10.2. The summed E-state index contributed by atoms with van der Waals surface area (Å²) in [5.41, 5.74) is 0. The van der Waals surface area contributed by atoms with Gasteiger partial charge < -0.3 is 15.4 Å². The molecule has 0 saturated carbocycles. The van der Waals surface area contributed by atoms with Crippen LogP contribution in [0, 0.1) is 0 Å². The molecular formula is C17H28ClN3O3S. The van der Waals surface area contributed by atoms with Gasteiger partial charge in [0.15, 0.2) is 5.96 Å². The number of nitrogens with zero attached hydrogens (tertiary/aromatic N) is 1. The molecule has 0 aliphatic rings. The Morgan fingerprint density at radius 2 is 1.92 bits per heavy atom. The summed E-state index contributed by atoms with van der Waals surface area (Å²) in [6.45, 7) is 7.04. The first-order valence-electron chi connectivity index (χ1n) is 8.34. The molecule has 0 spiro atoms. The molecule has 0 saturated heterocycles. The molecule has 0 aromatic heterocycles. The van der Waals surface area contributed by atoms with Gasteiger partial charge in [-0.25, -0.2) is 13.4 Å². The normalized spacial score (nSPS) is 14.7. The summed E-state index contributed by atoms with van der Waals surface area (Å²) in [5.74, 6) is 1.54. The second-order valence-corrected chi connectivity index (χ2v) is 8.76. The van der Waals surface area contributed by atoms with Gasteiger partial charge in [-0.05, 0) is 51.5 Å². The topological polar surface area (TPSA) is 79.8 Å². The molecule has 25 heavy (non-hydrogen) atoms. The molecule has 1 aromatic carbocycles.